The number of carboxylic acid groups (broad SMARTS) is 2. The standard InChI is InChI=1S/C17H22N2O8/c1-10(26-2)14(16(23)24)19-15(22)12(8-13(20)21)18-17(25)27-9-11-6-4-3-5-7-11/h3-7,10,12,14H,8-9H2,1-2H3,(H,18,25)(H,19,22)(H,20,21)(H,23,24)/t10?,12-,14-/m0/s1. The molecule has 0 saturated carbocycles. The van der Waals surface area contributed by atoms with Crippen molar-refractivity contribution in [3.8, 4) is 0 Å². The summed E-state index contributed by atoms with van der Waals surface area (Å²) >= 11 is 0. The Morgan fingerprint density at radius 3 is 2.22 bits per heavy atom. The zero-order valence-corrected chi connectivity index (χ0v) is 14.9. The van der Waals surface area contributed by atoms with Gasteiger partial charge in [-0.05, 0) is 12.5 Å². The molecule has 10 nitrogen and oxygen atoms in total. The number of rotatable bonds is 10. The van der Waals surface area contributed by atoms with Crippen LogP contribution in [0.1, 0.15) is 18.9 Å². The fourth-order valence-corrected chi connectivity index (χ4v) is 2.06. The molecule has 0 fully saturated rings. The topological polar surface area (TPSA) is 151 Å². The van der Waals surface area contributed by atoms with Gasteiger partial charge in [0.1, 0.15) is 12.6 Å². The zero-order chi connectivity index (χ0) is 20.4. The molecule has 0 aliphatic carbocycles. The second-order valence-electron chi connectivity index (χ2n) is 5.62. The van der Waals surface area contributed by atoms with Gasteiger partial charge in [-0.1, -0.05) is 30.3 Å². The first-order valence-corrected chi connectivity index (χ1v) is 7.99. The van der Waals surface area contributed by atoms with Crippen LogP contribution < -0.4 is 10.6 Å². The quantitative estimate of drug-likeness (QED) is 0.453. The Kier molecular flexibility index (Phi) is 8.73. The van der Waals surface area contributed by atoms with Crippen LogP contribution in [0.15, 0.2) is 30.3 Å². The molecule has 0 aliphatic rings. The maximum atomic E-state index is 12.3. The molecule has 148 valence electrons. The number of aliphatic carboxylic acids is 2. The minimum atomic E-state index is -1.52. The molecular weight excluding hydrogens is 360 g/mol. The average Bonchev–Trinajstić information content (AvgIpc) is 2.63. The first kappa shape index (κ1) is 21.9. The molecule has 1 aromatic carbocycles. The molecule has 2 amide bonds. The van der Waals surface area contributed by atoms with Crippen LogP contribution in [0.3, 0.4) is 0 Å². The van der Waals surface area contributed by atoms with Crippen molar-refractivity contribution in [1.82, 2.24) is 10.6 Å². The van der Waals surface area contributed by atoms with Gasteiger partial charge in [0.25, 0.3) is 0 Å². The molecule has 0 bridgehead atoms. The van der Waals surface area contributed by atoms with Crippen LogP contribution in [0.4, 0.5) is 4.79 Å². The number of carbonyl (C=O) groups is 4. The summed E-state index contributed by atoms with van der Waals surface area (Å²) in [6.45, 7) is 1.35. The Labute approximate surface area is 155 Å². The van der Waals surface area contributed by atoms with E-state index in [4.69, 9.17) is 19.7 Å². The van der Waals surface area contributed by atoms with Gasteiger partial charge in [0.2, 0.25) is 5.91 Å². The highest BCUT2D eigenvalue weighted by atomic mass is 16.5. The molecule has 27 heavy (non-hydrogen) atoms. The predicted molar refractivity (Wildman–Crippen MR) is 91.8 cm³/mol. The molecule has 1 rings (SSSR count). The van der Waals surface area contributed by atoms with E-state index in [-0.39, 0.29) is 6.61 Å². The van der Waals surface area contributed by atoms with Crippen molar-refractivity contribution in [3.05, 3.63) is 35.9 Å². The highest BCUT2D eigenvalue weighted by Crippen LogP contribution is 2.03. The fraction of sp³-hybridized carbons (Fsp3) is 0.412. The Hall–Kier alpha value is -3.14. The molecule has 1 unspecified atom stereocenters. The summed E-state index contributed by atoms with van der Waals surface area (Å²) in [7, 11) is 1.26. The Balaban J connectivity index is 2.72. The monoisotopic (exact) mass is 382 g/mol. The molecule has 3 atom stereocenters. The van der Waals surface area contributed by atoms with Crippen molar-refractivity contribution in [3.63, 3.8) is 0 Å². The van der Waals surface area contributed by atoms with E-state index >= 15 is 0 Å². The molecule has 0 aromatic heterocycles. The van der Waals surface area contributed by atoms with Crippen LogP contribution >= 0.6 is 0 Å². The van der Waals surface area contributed by atoms with E-state index in [0.717, 1.165) is 0 Å². The second kappa shape index (κ2) is 10.8. The number of hydrogen-bond donors (Lipinski definition) is 4. The maximum absolute atomic E-state index is 12.3. The van der Waals surface area contributed by atoms with Gasteiger partial charge in [0, 0.05) is 7.11 Å². The number of ether oxygens (including phenoxy) is 2. The summed E-state index contributed by atoms with van der Waals surface area (Å²) in [5.74, 6) is -3.70. The van der Waals surface area contributed by atoms with Crippen molar-refractivity contribution in [1.29, 1.82) is 0 Å². The van der Waals surface area contributed by atoms with Gasteiger partial charge in [-0.3, -0.25) is 9.59 Å². The summed E-state index contributed by atoms with van der Waals surface area (Å²) in [6, 6.07) is 5.80. The fourth-order valence-electron chi connectivity index (χ4n) is 2.06. The van der Waals surface area contributed by atoms with Crippen LogP contribution in [0, 0.1) is 0 Å². The summed E-state index contributed by atoms with van der Waals surface area (Å²) in [4.78, 5) is 46.3. The van der Waals surface area contributed by atoms with E-state index in [1.165, 1.54) is 14.0 Å². The summed E-state index contributed by atoms with van der Waals surface area (Å²) in [6.07, 6.45) is -2.63. The van der Waals surface area contributed by atoms with Gasteiger partial charge in [0.05, 0.1) is 12.5 Å². The Morgan fingerprint density at radius 1 is 1.07 bits per heavy atom. The molecule has 0 radical (unpaired) electrons. The molecule has 10 heteroatoms. The lowest BCUT2D eigenvalue weighted by Gasteiger charge is -2.23. The SMILES string of the molecule is COC(C)[C@H](NC(=O)[C@H](CC(=O)O)NC(=O)OCc1ccccc1)C(=O)O. The highest BCUT2D eigenvalue weighted by molar-refractivity contribution is 5.92. The van der Waals surface area contributed by atoms with Gasteiger partial charge in [-0.2, -0.15) is 0 Å². The average molecular weight is 382 g/mol. The lowest BCUT2D eigenvalue weighted by Crippen LogP contribution is -2.55. The smallest absolute Gasteiger partial charge is 0.408 e. The number of methoxy groups -OCH3 is 1. The van der Waals surface area contributed by atoms with Crippen molar-refractivity contribution in [2.24, 2.45) is 0 Å². The number of benzene rings is 1. The van der Waals surface area contributed by atoms with Crippen LogP contribution in [0.25, 0.3) is 0 Å². The van der Waals surface area contributed by atoms with E-state index in [9.17, 15) is 19.2 Å². The second-order valence-corrected chi connectivity index (χ2v) is 5.62. The molecule has 0 heterocycles. The van der Waals surface area contributed by atoms with Crippen LogP contribution in [0.5, 0.6) is 0 Å². The van der Waals surface area contributed by atoms with Gasteiger partial charge in [-0.15, -0.1) is 0 Å². The molecule has 0 aliphatic heterocycles. The van der Waals surface area contributed by atoms with E-state index in [1.807, 2.05) is 0 Å². The zero-order valence-electron chi connectivity index (χ0n) is 14.9. The summed E-state index contributed by atoms with van der Waals surface area (Å²) in [5, 5.41) is 22.4. The Morgan fingerprint density at radius 2 is 1.70 bits per heavy atom. The lowest BCUT2D eigenvalue weighted by atomic mass is 10.1. The van der Waals surface area contributed by atoms with Crippen LogP contribution in [-0.2, 0) is 30.5 Å². The third kappa shape index (κ3) is 7.74. The van der Waals surface area contributed by atoms with Crippen LogP contribution in [0.2, 0.25) is 0 Å². The molecule has 4 N–H and O–H groups in total. The van der Waals surface area contributed by atoms with Crippen LogP contribution in [-0.4, -0.2) is 59.4 Å². The molecule has 0 saturated heterocycles. The van der Waals surface area contributed by atoms with E-state index < -0.39 is 48.5 Å². The van der Waals surface area contributed by atoms with Gasteiger partial charge < -0.3 is 30.3 Å². The number of nitrogens with one attached hydrogen (secondary N) is 2. The predicted octanol–water partition coefficient (Wildman–Crippen LogP) is 0.360. The van der Waals surface area contributed by atoms with E-state index in [0.29, 0.717) is 5.56 Å². The number of amides is 2. The van der Waals surface area contributed by atoms with Gasteiger partial charge in [-0.25, -0.2) is 9.59 Å². The third-order valence-electron chi connectivity index (χ3n) is 3.61. The number of alkyl carbamates (subject to hydrolysis) is 1. The molecular formula is C17H22N2O8. The minimum Gasteiger partial charge on any atom is -0.481 e. The largest absolute Gasteiger partial charge is 0.481 e. The highest BCUT2D eigenvalue weighted by Gasteiger charge is 2.31. The van der Waals surface area contributed by atoms with Crippen molar-refractivity contribution in [2.75, 3.05) is 7.11 Å². The maximum Gasteiger partial charge on any atom is 0.408 e. The lowest BCUT2D eigenvalue weighted by molar-refractivity contribution is -0.146. The molecule has 0 spiro atoms. The Bertz CT molecular complexity index is 664. The van der Waals surface area contributed by atoms with E-state index in [2.05, 4.69) is 10.6 Å². The van der Waals surface area contributed by atoms with E-state index in [1.54, 1.807) is 30.3 Å². The van der Waals surface area contributed by atoms with Crippen molar-refractivity contribution >= 4 is 23.9 Å². The number of carbonyl (C=O) groups excluding carboxylic acids is 2. The van der Waals surface area contributed by atoms with Gasteiger partial charge in [0.15, 0.2) is 6.04 Å². The molecule has 1 aromatic rings. The van der Waals surface area contributed by atoms with Crippen molar-refractivity contribution in [2.45, 2.75) is 38.1 Å². The minimum absolute atomic E-state index is 0.0768. The van der Waals surface area contributed by atoms with Crippen molar-refractivity contribution < 1.29 is 38.9 Å². The summed E-state index contributed by atoms with van der Waals surface area (Å²) in [5.41, 5.74) is 0.701. The third-order valence-corrected chi connectivity index (χ3v) is 3.61. The van der Waals surface area contributed by atoms with Gasteiger partial charge >= 0.3 is 18.0 Å². The first-order chi connectivity index (χ1) is 12.7. The first-order valence-electron chi connectivity index (χ1n) is 7.99. The number of carboxylic acids is 2. The number of hydrogen-bond acceptors (Lipinski definition) is 6. The normalized spacial score (nSPS) is 13.7. The summed E-state index contributed by atoms with van der Waals surface area (Å²) < 4.78 is 9.83.